The van der Waals surface area contributed by atoms with Gasteiger partial charge in [0.1, 0.15) is 5.76 Å². The van der Waals surface area contributed by atoms with Gasteiger partial charge in [0, 0.05) is 0 Å². The van der Waals surface area contributed by atoms with Crippen LogP contribution in [0.5, 0.6) is 11.5 Å². The molecule has 122 valence electrons. The molecule has 0 unspecified atom stereocenters. The van der Waals surface area contributed by atoms with E-state index in [0.29, 0.717) is 23.9 Å². The average molecular weight is 381 g/mol. The summed E-state index contributed by atoms with van der Waals surface area (Å²) >= 11 is 3.42. The number of furan rings is 1. The highest BCUT2D eigenvalue weighted by molar-refractivity contribution is 9.10. The summed E-state index contributed by atoms with van der Waals surface area (Å²) in [5.74, 6) is 1.68. The van der Waals surface area contributed by atoms with E-state index in [4.69, 9.17) is 13.9 Å². The summed E-state index contributed by atoms with van der Waals surface area (Å²) in [6.45, 7) is 4.17. The summed E-state index contributed by atoms with van der Waals surface area (Å²) in [4.78, 5) is 11.8. The summed E-state index contributed by atoms with van der Waals surface area (Å²) in [5, 5.41) is 3.92. The van der Waals surface area contributed by atoms with E-state index in [-0.39, 0.29) is 5.76 Å². The van der Waals surface area contributed by atoms with Gasteiger partial charge in [-0.3, -0.25) is 4.79 Å². The minimum atomic E-state index is -0.410. The predicted molar refractivity (Wildman–Crippen MR) is 90.4 cm³/mol. The first-order chi connectivity index (χ1) is 11.0. The number of carbonyl (C=O) groups excluding carboxylic acids is 1. The second-order valence-corrected chi connectivity index (χ2v) is 5.43. The largest absolute Gasteiger partial charge is 0.492 e. The fourth-order valence-corrected chi connectivity index (χ4v) is 2.52. The van der Waals surface area contributed by atoms with Crippen LogP contribution in [-0.2, 0) is 0 Å². The third-order valence-electron chi connectivity index (χ3n) is 2.88. The lowest BCUT2D eigenvalue weighted by Crippen LogP contribution is -2.16. The normalized spacial score (nSPS) is 10.8. The molecule has 0 aliphatic heterocycles. The molecule has 1 aromatic carbocycles. The van der Waals surface area contributed by atoms with Crippen LogP contribution in [0.4, 0.5) is 0 Å². The SMILES string of the molecule is CCOc1cc(/C=N\NC(=O)c2ccc(C)o2)cc(Br)c1OC. The molecule has 0 saturated heterocycles. The minimum Gasteiger partial charge on any atom is -0.492 e. The van der Waals surface area contributed by atoms with Crippen molar-refractivity contribution in [3.63, 3.8) is 0 Å². The highest BCUT2D eigenvalue weighted by atomic mass is 79.9. The molecule has 0 aliphatic carbocycles. The first-order valence-corrected chi connectivity index (χ1v) is 7.74. The molecule has 0 spiro atoms. The van der Waals surface area contributed by atoms with Gasteiger partial charge in [-0.1, -0.05) is 0 Å². The van der Waals surface area contributed by atoms with Crippen molar-refractivity contribution in [2.75, 3.05) is 13.7 Å². The fraction of sp³-hybridized carbons (Fsp3) is 0.250. The van der Waals surface area contributed by atoms with Gasteiger partial charge in [0.2, 0.25) is 0 Å². The van der Waals surface area contributed by atoms with E-state index in [0.717, 1.165) is 10.0 Å². The second kappa shape index (κ2) is 7.82. The number of hydrogen-bond acceptors (Lipinski definition) is 5. The molecule has 0 aliphatic rings. The molecule has 1 N–H and O–H groups in total. The fourth-order valence-electron chi connectivity index (χ4n) is 1.90. The smallest absolute Gasteiger partial charge is 0.307 e. The summed E-state index contributed by atoms with van der Waals surface area (Å²) in [6, 6.07) is 6.90. The van der Waals surface area contributed by atoms with Crippen molar-refractivity contribution >= 4 is 28.1 Å². The van der Waals surface area contributed by atoms with Crippen molar-refractivity contribution in [2.24, 2.45) is 5.10 Å². The number of amides is 1. The van der Waals surface area contributed by atoms with Crippen LogP contribution in [0, 0.1) is 6.92 Å². The van der Waals surface area contributed by atoms with Crippen LogP contribution in [0.3, 0.4) is 0 Å². The van der Waals surface area contributed by atoms with Gasteiger partial charge in [0.15, 0.2) is 17.3 Å². The lowest BCUT2D eigenvalue weighted by atomic mass is 10.2. The third-order valence-corrected chi connectivity index (χ3v) is 3.47. The number of carbonyl (C=O) groups is 1. The lowest BCUT2D eigenvalue weighted by Gasteiger charge is -2.11. The average Bonchev–Trinajstić information content (AvgIpc) is 2.94. The number of aryl methyl sites for hydroxylation is 1. The van der Waals surface area contributed by atoms with E-state index in [2.05, 4.69) is 26.5 Å². The molecule has 0 saturated carbocycles. The molecular weight excluding hydrogens is 364 g/mol. The van der Waals surface area contributed by atoms with E-state index in [1.54, 1.807) is 32.2 Å². The third kappa shape index (κ3) is 4.35. The maximum Gasteiger partial charge on any atom is 0.307 e. The quantitative estimate of drug-likeness (QED) is 0.614. The van der Waals surface area contributed by atoms with Gasteiger partial charge >= 0.3 is 5.91 Å². The summed E-state index contributed by atoms with van der Waals surface area (Å²) in [7, 11) is 1.57. The maximum absolute atomic E-state index is 11.8. The minimum absolute atomic E-state index is 0.213. The van der Waals surface area contributed by atoms with Gasteiger partial charge in [-0.05, 0) is 59.6 Å². The Hall–Kier alpha value is -2.28. The molecule has 1 aromatic heterocycles. The first kappa shape index (κ1) is 17.1. The summed E-state index contributed by atoms with van der Waals surface area (Å²) in [6.07, 6.45) is 1.51. The predicted octanol–water partition coefficient (Wildman–Crippen LogP) is 3.52. The Balaban J connectivity index is 2.11. The number of ether oxygens (including phenoxy) is 2. The van der Waals surface area contributed by atoms with Gasteiger partial charge in [0.05, 0.1) is 24.4 Å². The lowest BCUT2D eigenvalue weighted by molar-refractivity contribution is 0.0926. The molecule has 0 radical (unpaired) electrons. The van der Waals surface area contributed by atoms with Crippen molar-refractivity contribution in [3.05, 3.63) is 45.8 Å². The van der Waals surface area contributed by atoms with E-state index in [1.165, 1.54) is 6.21 Å². The highest BCUT2D eigenvalue weighted by Gasteiger charge is 2.11. The monoisotopic (exact) mass is 380 g/mol. The molecule has 7 heteroatoms. The van der Waals surface area contributed by atoms with Crippen LogP contribution >= 0.6 is 15.9 Å². The second-order valence-electron chi connectivity index (χ2n) is 4.58. The van der Waals surface area contributed by atoms with E-state index in [9.17, 15) is 4.79 Å². The zero-order chi connectivity index (χ0) is 16.8. The van der Waals surface area contributed by atoms with Crippen LogP contribution in [0.1, 0.15) is 28.8 Å². The Labute approximate surface area is 142 Å². The molecule has 2 aromatic rings. The van der Waals surface area contributed by atoms with Gasteiger partial charge in [0.25, 0.3) is 0 Å². The molecule has 1 heterocycles. The molecule has 0 fully saturated rings. The van der Waals surface area contributed by atoms with E-state index in [1.807, 2.05) is 13.0 Å². The molecule has 6 nitrogen and oxygen atoms in total. The molecule has 0 bridgehead atoms. The number of hydrogen-bond donors (Lipinski definition) is 1. The van der Waals surface area contributed by atoms with Crippen molar-refractivity contribution in [2.45, 2.75) is 13.8 Å². The maximum atomic E-state index is 11.8. The number of benzene rings is 1. The van der Waals surface area contributed by atoms with Gasteiger partial charge in [-0.15, -0.1) is 0 Å². The number of hydrazone groups is 1. The van der Waals surface area contributed by atoms with Crippen LogP contribution in [-0.4, -0.2) is 25.8 Å². The number of methoxy groups -OCH3 is 1. The van der Waals surface area contributed by atoms with Crippen LogP contribution < -0.4 is 14.9 Å². The first-order valence-electron chi connectivity index (χ1n) is 6.95. The molecule has 23 heavy (non-hydrogen) atoms. The topological polar surface area (TPSA) is 73.1 Å². The Morgan fingerprint density at radius 2 is 2.22 bits per heavy atom. The Morgan fingerprint density at radius 3 is 2.83 bits per heavy atom. The van der Waals surface area contributed by atoms with Gasteiger partial charge < -0.3 is 13.9 Å². The number of halogens is 1. The summed E-state index contributed by atoms with van der Waals surface area (Å²) < 4.78 is 16.8. The number of nitrogens with one attached hydrogen (secondary N) is 1. The highest BCUT2D eigenvalue weighted by Crippen LogP contribution is 2.36. The molecular formula is C16H17BrN2O4. The molecule has 2 rings (SSSR count). The van der Waals surface area contributed by atoms with Crippen molar-refractivity contribution in [1.82, 2.24) is 5.43 Å². The molecule has 1 amide bonds. The Morgan fingerprint density at radius 1 is 1.43 bits per heavy atom. The number of rotatable bonds is 6. The number of nitrogens with zero attached hydrogens (tertiary/aromatic N) is 1. The molecule has 0 atom stereocenters. The Bertz CT molecular complexity index is 725. The van der Waals surface area contributed by atoms with Crippen molar-refractivity contribution in [1.29, 1.82) is 0 Å². The van der Waals surface area contributed by atoms with E-state index < -0.39 is 5.91 Å². The Kier molecular flexibility index (Phi) is 5.81. The van der Waals surface area contributed by atoms with Crippen molar-refractivity contribution in [3.8, 4) is 11.5 Å². The van der Waals surface area contributed by atoms with Crippen LogP contribution in [0.15, 0.2) is 38.3 Å². The van der Waals surface area contributed by atoms with Crippen LogP contribution in [0.25, 0.3) is 0 Å². The van der Waals surface area contributed by atoms with Gasteiger partial charge in [-0.25, -0.2) is 5.43 Å². The zero-order valence-corrected chi connectivity index (χ0v) is 14.6. The standard InChI is InChI=1S/C16H17BrN2O4/c1-4-22-14-8-11(7-12(17)15(14)21-3)9-18-19-16(20)13-6-5-10(2)23-13/h5-9H,4H2,1-3H3,(H,19,20)/b18-9-. The van der Waals surface area contributed by atoms with Crippen LogP contribution in [0.2, 0.25) is 0 Å². The zero-order valence-electron chi connectivity index (χ0n) is 13.1. The van der Waals surface area contributed by atoms with Gasteiger partial charge in [-0.2, -0.15) is 5.10 Å². The van der Waals surface area contributed by atoms with Crippen molar-refractivity contribution < 1.29 is 18.7 Å². The summed E-state index contributed by atoms with van der Waals surface area (Å²) in [5.41, 5.74) is 3.16. The van der Waals surface area contributed by atoms with E-state index >= 15 is 0 Å².